The number of halogens is 1. The number of nitrogens with zero attached hydrogens (tertiary/aromatic N) is 5. The lowest BCUT2D eigenvalue weighted by molar-refractivity contribution is -0.125. The molecular weight excluding hydrogens is 433 g/mol. The number of fused-ring (bicyclic) bond motifs is 1. The number of hydrogen-bond donors (Lipinski definition) is 0. The largest absolute Gasteiger partial charge is 0.495 e. The summed E-state index contributed by atoms with van der Waals surface area (Å²) >= 11 is 0. The van der Waals surface area contributed by atoms with Crippen molar-refractivity contribution >= 4 is 17.9 Å². The molecule has 34 heavy (non-hydrogen) atoms. The molecule has 8 heteroatoms. The van der Waals surface area contributed by atoms with Crippen LogP contribution in [0.3, 0.4) is 0 Å². The van der Waals surface area contributed by atoms with Crippen LogP contribution in [0.5, 0.6) is 5.75 Å². The van der Waals surface area contributed by atoms with Gasteiger partial charge in [0.2, 0.25) is 5.96 Å². The van der Waals surface area contributed by atoms with Gasteiger partial charge >= 0.3 is 0 Å². The summed E-state index contributed by atoms with van der Waals surface area (Å²) in [6, 6.07) is 11.9. The lowest BCUT2D eigenvalue weighted by atomic mass is 9.99. The van der Waals surface area contributed by atoms with E-state index >= 15 is 0 Å². The Balaban J connectivity index is 1.50. The monoisotopic (exact) mass is 459 g/mol. The van der Waals surface area contributed by atoms with Crippen LogP contribution in [0.15, 0.2) is 65.7 Å². The zero-order valence-corrected chi connectivity index (χ0v) is 19.4. The van der Waals surface area contributed by atoms with E-state index in [0.717, 1.165) is 42.0 Å². The van der Waals surface area contributed by atoms with Gasteiger partial charge in [0.25, 0.3) is 5.91 Å². The average Bonchev–Trinajstić information content (AvgIpc) is 3.42. The highest BCUT2D eigenvalue weighted by Gasteiger charge is 2.42. The number of aromatic nitrogens is 2. The number of methoxy groups -OCH3 is 1. The molecule has 1 unspecified atom stereocenters. The van der Waals surface area contributed by atoms with E-state index in [-0.39, 0.29) is 17.8 Å². The number of ether oxygens (including phenoxy) is 1. The first-order valence-electron chi connectivity index (χ1n) is 11.3. The van der Waals surface area contributed by atoms with Gasteiger partial charge in [-0.25, -0.2) is 14.4 Å². The van der Waals surface area contributed by atoms with E-state index in [4.69, 9.17) is 9.73 Å². The van der Waals surface area contributed by atoms with Gasteiger partial charge in [-0.15, -0.1) is 0 Å². The summed E-state index contributed by atoms with van der Waals surface area (Å²) < 4.78 is 21.0. The maximum Gasteiger partial charge on any atom is 0.279 e. The molecule has 0 saturated carbocycles. The fraction of sp³-hybridized carbons (Fsp3) is 0.269. The van der Waals surface area contributed by atoms with Crippen molar-refractivity contribution in [3.05, 3.63) is 83.3 Å². The summed E-state index contributed by atoms with van der Waals surface area (Å²) in [5.41, 5.74) is 3.86. The highest BCUT2D eigenvalue weighted by atomic mass is 19.1. The van der Waals surface area contributed by atoms with Gasteiger partial charge in [0.05, 0.1) is 30.9 Å². The van der Waals surface area contributed by atoms with Crippen LogP contribution < -0.4 is 4.74 Å². The maximum atomic E-state index is 13.5. The van der Waals surface area contributed by atoms with Crippen molar-refractivity contribution in [2.75, 3.05) is 20.2 Å². The molecular formula is C26H26FN5O2. The molecule has 174 valence electrons. The van der Waals surface area contributed by atoms with Gasteiger partial charge in [-0.05, 0) is 61.7 Å². The highest BCUT2D eigenvalue weighted by molar-refractivity contribution is 6.14. The Hall–Kier alpha value is -3.94. The standard InChI is InChI=1S/C26H26FN5O2/c1-4-30-12-11-22(19-6-8-20(27)9-7-19)32-25(33)21(29-26(30)32)13-18-5-10-23(24(14-18)34-3)31-15-17(2)28-16-31/h5-10,13-16,22H,4,11-12H2,1-3H3/b21-13-. The van der Waals surface area contributed by atoms with E-state index in [1.54, 1.807) is 36.5 Å². The second-order valence-electron chi connectivity index (χ2n) is 8.41. The van der Waals surface area contributed by atoms with E-state index in [9.17, 15) is 9.18 Å². The molecule has 0 radical (unpaired) electrons. The van der Waals surface area contributed by atoms with Crippen LogP contribution in [0.4, 0.5) is 4.39 Å². The summed E-state index contributed by atoms with van der Waals surface area (Å²) in [6.45, 7) is 5.51. The lowest BCUT2D eigenvalue weighted by Crippen LogP contribution is -2.51. The van der Waals surface area contributed by atoms with Crippen molar-refractivity contribution in [1.82, 2.24) is 19.4 Å². The molecule has 7 nitrogen and oxygen atoms in total. The molecule has 5 rings (SSSR count). The van der Waals surface area contributed by atoms with Gasteiger partial charge in [0.1, 0.15) is 17.3 Å². The zero-order valence-electron chi connectivity index (χ0n) is 19.4. The van der Waals surface area contributed by atoms with Crippen LogP contribution in [-0.4, -0.2) is 51.4 Å². The quantitative estimate of drug-likeness (QED) is 0.533. The average molecular weight is 460 g/mol. The van der Waals surface area contributed by atoms with E-state index in [1.165, 1.54) is 12.1 Å². The summed E-state index contributed by atoms with van der Waals surface area (Å²) in [5, 5.41) is 0. The topological polar surface area (TPSA) is 63.0 Å². The zero-order chi connectivity index (χ0) is 23.8. The van der Waals surface area contributed by atoms with Crippen molar-refractivity contribution in [2.24, 2.45) is 4.99 Å². The lowest BCUT2D eigenvalue weighted by Gasteiger charge is -2.40. The van der Waals surface area contributed by atoms with Gasteiger partial charge in [-0.2, -0.15) is 0 Å². The van der Waals surface area contributed by atoms with Crippen LogP contribution in [-0.2, 0) is 4.79 Å². The minimum Gasteiger partial charge on any atom is -0.495 e. The van der Waals surface area contributed by atoms with Crippen LogP contribution >= 0.6 is 0 Å². The van der Waals surface area contributed by atoms with E-state index in [1.807, 2.05) is 42.8 Å². The van der Waals surface area contributed by atoms with Crippen molar-refractivity contribution < 1.29 is 13.9 Å². The fourth-order valence-electron chi connectivity index (χ4n) is 4.54. The smallest absolute Gasteiger partial charge is 0.279 e. The van der Waals surface area contributed by atoms with Crippen molar-refractivity contribution in [2.45, 2.75) is 26.3 Å². The Labute approximate surface area is 197 Å². The summed E-state index contributed by atoms with van der Waals surface area (Å²) in [5.74, 6) is 0.870. The first-order valence-corrected chi connectivity index (χ1v) is 11.3. The number of aliphatic imine (C=N–C) groups is 1. The number of carbonyl (C=O) groups excluding carboxylic acids is 1. The molecule has 1 aromatic heterocycles. The number of carbonyl (C=O) groups is 1. The van der Waals surface area contributed by atoms with Crippen molar-refractivity contribution in [1.29, 1.82) is 0 Å². The van der Waals surface area contributed by atoms with Gasteiger partial charge in [-0.1, -0.05) is 18.2 Å². The van der Waals surface area contributed by atoms with E-state index in [0.29, 0.717) is 17.4 Å². The number of benzene rings is 2. The second kappa shape index (κ2) is 8.78. The normalized spacial score (nSPS) is 18.9. The number of aryl methyl sites for hydroxylation is 1. The molecule has 2 aromatic carbocycles. The van der Waals surface area contributed by atoms with Crippen LogP contribution in [0.1, 0.15) is 36.2 Å². The van der Waals surface area contributed by atoms with Crippen molar-refractivity contribution in [3.8, 4) is 11.4 Å². The molecule has 3 heterocycles. The third kappa shape index (κ3) is 3.85. The minimum atomic E-state index is -0.291. The second-order valence-corrected chi connectivity index (χ2v) is 8.41. The molecule has 0 N–H and O–H groups in total. The number of hydrogen-bond acceptors (Lipinski definition) is 5. The predicted molar refractivity (Wildman–Crippen MR) is 128 cm³/mol. The van der Waals surface area contributed by atoms with Gasteiger partial charge in [-0.3, -0.25) is 9.69 Å². The number of amides is 1. The van der Waals surface area contributed by atoms with Crippen LogP contribution in [0.2, 0.25) is 0 Å². The molecule has 1 atom stereocenters. The van der Waals surface area contributed by atoms with Gasteiger partial charge < -0.3 is 14.2 Å². The highest BCUT2D eigenvalue weighted by Crippen LogP contribution is 2.36. The number of guanidine groups is 1. The molecule has 0 bridgehead atoms. The molecule has 2 aliphatic heterocycles. The first kappa shape index (κ1) is 21.9. The summed E-state index contributed by atoms with van der Waals surface area (Å²) in [7, 11) is 1.62. The van der Waals surface area contributed by atoms with Crippen LogP contribution in [0.25, 0.3) is 11.8 Å². The Morgan fingerprint density at radius 3 is 2.68 bits per heavy atom. The molecule has 0 spiro atoms. The summed E-state index contributed by atoms with van der Waals surface area (Å²) in [6.07, 6.45) is 6.21. The fourth-order valence-corrected chi connectivity index (χ4v) is 4.54. The Morgan fingerprint density at radius 2 is 2.00 bits per heavy atom. The molecule has 1 saturated heterocycles. The SMILES string of the molecule is CCN1CCC(c2ccc(F)cc2)N2C(=O)/C(=C/c3ccc(-n4cnc(C)c4)c(OC)c3)N=C12. The van der Waals surface area contributed by atoms with Crippen LogP contribution in [0, 0.1) is 12.7 Å². The maximum absolute atomic E-state index is 13.5. The van der Waals surface area contributed by atoms with E-state index in [2.05, 4.69) is 9.88 Å². The molecule has 2 aliphatic rings. The number of imidazole rings is 1. The minimum absolute atomic E-state index is 0.157. The molecule has 1 amide bonds. The Morgan fingerprint density at radius 1 is 1.21 bits per heavy atom. The Kier molecular flexibility index (Phi) is 5.65. The van der Waals surface area contributed by atoms with E-state index < -0.39 is 0 Å². The van der Waals surface area contributed by atoms with Gasteiger partial charge in [0.15, 0.2) is 0 Å². The number of rotatable bonds is 5. The molecule has 0 aliphatic carbocycles. The first-order chi connectivity index (χ1) is 16.5. The third-order valence-corrected chi connectivity index (χ3v) is 6.27. The molecule has 3 aromatic rings. The third-order valence-electron chi connectivity index (χ3n) is 6.27. The van der Waals surface area contributed by atoms with Crippen molar-refractivity contribution in [3.63, 3.8) is 0 Å². The predicted octanol–water partition coefficient (Wildman–Crippen LogP) is 4.33. The summed E-state index contributed by atoms with van der Waals surface area (Å²) in [4.78, 5) is 26.3. The molecule has 1 fully saturated rings. The van der Waals surface area contributed by atoms with Gasteiger partial charge in [0, 0.05) is 19.3 Å². The Bertz CT molecular complexity index is 1290.